The summed E-state index contributed by atoms with van der Waals surface area (Å²) in [5.41, 5.74) is 0. The summed E-state index contributed by atoms with van der Waals surface area (Å²) >= 11 is 5.35. The second-order valence-electron chi connectivity index (χ2n) is 6.51. The molecule has 146 valence electrons. The Morgan fingerprint density at radius 2 is 1.88 bits per heavy atom. The van der Waals surface area contributed by atoms with Crippen molar-refractivity contribution in [2.24, 2.45) is 0 Å². The van der Waals surface area contributed by atoms with Gasteiger partial charge in [0.1, 0.15) is 16.5 Å². The van der Waals surface area contributed by atoms with Gasteiger partial charge in [-0.2, -0.15) is 4.31 Å². The Morgan fingerprint density at radius 1 is 1.23 bits per heavy atom. The Labute approximate surface area is 158 Å². The van der Waals surface area contributed by atoms with Crippen molar-refractivity contribution in [1.29, 1.82) is 0 Å². The van der Waals surface area contributed by atoms with E-state index >= 15 is 0 Å². The summed E-state index contributed by atoms with van der Waals surface area (Å²) in [5, 5.41) is 3.78. The molecule has 1 aliphatic heterocycles. The second kappa shape index (κ2) is 9.03. The quantitative estimate of drug-likeness (QED) is 0.500. The fraction of sp³-hybridized carbons (Fsp3) is 0.562. The number of quaternary nitrogens is 1. The number of rotatable bonds is 6. The standard InChI is InChI=1S/C16H24F2N4O2S2/c1-20(2)7-3-6-19-16(25)21-8-10-22(11-9-21)26(23,24)15-5-4-13(17)12-14(15)18/h4-5,12H,3,6-11H2,1-2H3,(H,19,25)/p+1. The molecule has 0 unspecified atom stereocenters. The number of nitrogens with zero attached hydrogens (tertiary/aromatic N) is 2. The normalized spacial score (nSPS) is 16.1. The molecule has 0 amide bonds. The summed E-state index contributed by atoms with van der Waals surface area (Å²) in [5.74, 6) is -1.88. The minimum absolute atomic E-state index is 0.197. The van der Waals surface area contributed by atoms with E-state index in [0.717, 1.165) is 31.6 Å². The van der Waals surface area contributed by atoms with Gasteiger partial charge in [-0.15, -0.1) is 0 Å². The van der Waals surface area contributed by atoms with Gasteiger partial charge in [-0.3, -0.25) is 0 Å². The molecule has 6 nitrogen and oxygen atoms in total. The fourth-order valence-corrected chi connectivity index (χ4v) is 4.46. The minimum Gasteiger partial charge on any atom is -0.362 e. The highest BCUT2D eigenvalue weighted by Gasteiger charge is 2.31. The van der Waals surface area contributed by atoms with Crippen LogP contribution < -0.4 is 10.2 Å². The molecule has 0 aromatic heterocycles. The van der Waals surface area contributed by atoms with Crippen molar-refractivity contribution in [3.63, 3.8) is 0 Å². The van der Waals surface area contributed by atoms with Crippen LogP contribution in [0.4, 0.5) is 8.78 Å². The van der Waals surface area contributed by atoms with Crippen LogP contribution in [0.1, 0.15) is 6.42 Å². The van der Waals surface area contributed by atoms with Gasteiger partial charge in [-0.1, -0.05) is 0 Å². The Hall–Kier alpha value is -1.36. The first-order valence-electron chi connectivity index (χ1n) is 8.49. The number of hydrogen-bond donors (Lipinski definition) is 2. The first-order valence-corrected chi connectivity index (χ1v) is 10.3. The van der Waals surface area contributed by atoms with Crippen molar-refractivity contribution < 1.29 is 22.1 Å². The van der Waals surface area contributed by atoms with Crippen molar-refractivity contribution >= 4 is 27.4 Å². The Balaban J connectivity index is 1.90. The van der Waals surface area contributed by atoms with Crippen molar-refractivity contribution in [1.82, 2.24) is 14.5 Å². The van der Waals surface area contributed by atoms with E-state index in [1.54, 1.807) is 0 Å². The van der Waals surface area contributed by atoms with Gasteiger partial charge >= 0.3 is 0 Å². The SMILES string of the molecule is C[NH+](C)CCCNC(=S)N1CCN(S(=O)(=O)c2ccc(F)cc2F)CC1. The minimum atomic E-state index is -3.99. The van der Waals surface area contributed by atoms with Gasteiger partial charge in [0, 0.05) is 45.2 Å². The van der Waals surface area contributed by atoms with Crippen molar-refractivity contribution in [2.45, 2.75) is 11.3 Å². The van der Waals surface area contributed by atoms with E-state index < -0.39 is 26.6 Å². The van der Waals surface area contributed by atoms with E-state index in [1.807, 2.05) is 4.90 Å². The third-order valence-electron chi connectivity index (χ3n) is 4.17. The van der Waals surface area contributed by atoms with Crippen LogP contribution in [-0.2, 0) is 10.0 Å². The van der Waals surface area contributed by atoms with Gasteiger partial charge in [0.05, 0.1) is 20.6 Å². The van der Waals surface area contributed by atoms with Crippen LogP contribution in [0.3, 0.4) is 0 Å². The smallest absolute Gasteiger partial charge is 0.246 e. The molecule has 0 saturated carbocycles. The molecule has 0 spiro atoms. The maximum absolute atomic E-state index is 13.8. The summed E-state index contributed by atoms with van der Waals surface area (Å²) in [6.07, 6.45) is 0.987. The summed E-state index contributed by atoms with van der Waals surface area (Å²) in [4.78, 5) is 2.77. The van der Waals surface area contributed by atoms with Gasteiger partial charge in [0.25, 0.3) is 0 Å². The zero-order chi connectivity index (χ0) is 19.3. The maximum Gasteiger partial charge on any atom is 0.246 e. The number of piperazine rings is 1. The van der Waals surface area contributed by atoms with Crippen LogP contribution in [0.5, 0.6) is 0 Å². The van der Waals surface area contributed by atoms with Gasteiger partial charge in [-0.25, -0.2) is 17.2 Å². The molecule has 2 N–H and O–H groups in total. The van der Waals surface area contributed by atoms with Crippen LogP contribution >= 0.6 is 12.2 Å². The van der Waals surface area contributed by atoms with E-state index in [9.17, 15) is 17.2 Å². The van der Waals surface area contributed by atoms with E-state index in [1.165, 1.54) is 9.21 Å². The Kier molecular flexibility index (Phi) is 7.27. The summed E-state index contributed by atoms with van der Waals surface area (Å²) in [6, 6.07) is 2.49. The molecule has 0 bridgehead atoms. The topological polar surface area (TPSA) is 57.1 Å². The molecular weight excluding hydrogens is 382 g/mol. The Bertz CT molecular complexity index is 736. The van der Waals surface area contributed by atoms with Crippen molar-refractivity contribution in [3.8, 4) is 0 Å². The number of benzene rings is 1. The molecule has 1 fully saturated rings. The van der Waals surface area contributed by atoms with Gasteiger partial charge in [0.15, 0.2) is 5.11 Å². The maximum atomic E-state index is 13.8. The Morgan fingerprint density at radius 3 is 2.46 bits per heavy atom. The number of halogens is 2. The fourth-order valence-electron chi connectivity index (χ4n) is 2.70. The molecule has 1 aromatic rings. The molecule has 26 heavy (non-hydrogen) atoms. The molecule has 1 aliphatic rings. The largest absolute Gasteiger partial charge is 0.362 e. The molecule has 1 aromatic carbocycles. The molecule has 1 saturated heterocycles. The molecular formula is C16H25F2N4O2S2+. The highest BCUT2D eigenvalue weighted by atomic mass is 32.2. The van der Waals surface area contributed by atoms with Crippen LogP contribution in [0.15, 0.2) is 23.1 Å². The summed E-state index contributed by atoms with van der Waals surface area (Å²) < 4.78 is 53.2. The summed E-state index contributed by atoms with van der Waals surface area (Å²) in [6.45, 7) is 3.04. The van der Waals surface area contributed by atoms with Crippen LogP contribution in [0, 0.1) is 11.6 Å². The molecule has 10 heteroatoms. The molecule has 0 radical (unpaired) electrons. The predicted molar refractivity (Wildman–Crippen MR) is 99.6 cm³/mol. The third-order valence-corrected chi connectivity index (χ3v) is 6.50. The zero-order valence-electron chi connectivity index (χ0n) is 15.0. The average Bonchev–Trinajstić information content (AvgIpc) is 2.58. The highest BCUT2D eigenvalue weighted by molar-refractivity contribution is 7.89. The van der Waals surface area contributed by atoms with E-state index in [-0.39, 0.29) is 13.1 Å². The van der Waals surface area contributed by atoms with Gasteiger partial charge < -0.3 is 15.1 Å². The first kappa shape index (κ1) is 20.9. The number of nitrogens with one attached hydrogen (secondary N) is 2. The number of thiocarbonyl (C=S) groups is 1. The molecule has 1 heterocycles. The van der Waals surface area contributed by atoms with E-state index in [4.69, 9.17) is 12.2 Å². The first-order chi connectivity index (χ1) is 12.2. The van der Waals surface area contributed by atoms with Crippen LogP contribution in [0.2, 0.25) is 0 Å². The lowest BCUT2D eigenvalue weighted by molar-refractivity contribution is -0.858. The lowest BCUT2D eigenvalue weighted by atomic mass is 10.3. The number of sulfonamides is 1. The lowest BCUT2D eigenvalue weighted by Gasteiger charge is -2.35. The summed E-state index contributed by atoms with van der Waals surface area (Å²) in [7, 11) is 0.180. The molecule has 2 rings (SSSR count). The second-order valence-corrected chi connectivity index (χ2v) is 8.80. The van der Waals surface area contributed by atoms with E-state index in [0.29, 0.717) is 24.3 Å². The van der Waals surface area contributed by atoms with Crippen molar-refractivity contribution in [2.75, 3.05) is 53.4 Å². The molecule has 0 atom stereocenters. The predicted octanol–water partition coefficient (Wildman–Crippen LogP) is -0.320. The monoisotopic (exact) mass is 407 g/mol. The van der Waals surface area contributed by atoms with E-state index in [2.05, 4.69) is 19.4 Å². The van der Waals surface area contributed by atoms with Gasteiger partial charge in [0.2, 0.25) is 10.0 Å². The van der Waals surface area contributed by atoms with Crippen LogP contribution in [-0.4, -0.2) is 76.1 Å². The zero-order valence-corrected chi connectivity index (χ0v) is 16.6. The average molecular weight is 408 g/mol. The third kappa shape index (κ3) is 5.32. The number of hydrogen-bond acceptors (Lipinski definition) is 3. The van der Waals surface area contributed by atoms with Gasteiger partial charge in [-0.05, 0) is 24.4 Å². The van der Waals surface area contributed by atoms with Crippen LogP contribution in [0.25, 0.3) is 0 Å². The highest BCUT2D eigenvalue weighted by Crippen LogP contribution is 2.21. The lowest BCUT2D eigenvalue weighted by Crippen LogP contribution is -3.05. The van der Waals surface area contributed by atoms with Crippen molar-refractivity contribution in [3.05, 3.63) is 29.8 Å². The molecule has 0 aliphatic carbocycles.